The van der Waals surface area contributed by atoms with Gasteiger partial charge in [0.15, 0.2) is 0 Å². The molecular weight excluding hydrogens is 382 g/mol. The number of rotatable bonds is 21. The van der Waals surface area contributed by atoms with Crippen molar-refractivity contribution in [3.05, 3.63) is 30.1 Å². The Kier molecular flexibility index (Phi) is 18.3. The smallest absolute Gasteiger partial charge is 0.306 e. The Bertz CT molecular complexity index is 515. The van der Waals surface area contributed by atoms with Crippen LogP contribution in [0.1, 0.15) is 135 Å². The molecule has 0 fully saturated rings. The third kappa shape index (κ3) is 19.1. The molecular formula is C28H49NO2. The summed E-state index contributed by atoms with van der Waals surface area (Å²) in [7, 11) is 0. The Balaban J connectivity index is 1.73. The van der Waals surface area contributed by atoms with Crippen LogP contribution in [0.5, 0.6) is 0 Å². The third-order valence-electron chi connectivity index (χ3n) is 6.03. The number of unbranched alkanes of at least 4 members (excludes halogenated alkanes) is 15. The lowest BCUT2D eigenvalue weighted by atomic mass is 10.0. The lowest BCUT2D eigenvalue weighted by molar-refractivity contribution is -0.145. The van der Waals surface area contributed by atoms with Crippen LogP contribution in [0, 0.1) is 5.92 Å². The molecule has 0 spiro atoms. The summed E-state index contributed by atoms with van der Waals surface area (Å²) in [6, 6.07) is 3.79. The van der Waals surface area contributed by atoms with E-state index in [4.69, 9.17) is 4.74 Å². The summed E-state index contributed by atoms with van der Waals surface area (Å²) >= 11 is 0. The molecule has 0 unspecified atom stereocenters. The lowest BCUT2D eigenvalue weighted by Crippen LogP contribution is -2.04. The highest BCUT2D eigenvalue weighted by Gasteiger charge is 2.03. The number of hydrogen-bond donors (Lipinski definition) is 0. The molecule has 0 atom stereocenters. The SMILES string of the molecule is CC(C)CCCCCCCCCCCCCCCCCCC(=O)OCc1cccnc1. The number of nitrogens with zero attached hydrogens (tertiary/aromatic N) is 1. The maximum absolute atomic E-state index is 11.8. The molecule has 178 valence electrons. The first-order valence-electron chi connectivity index (χ1n) is 13.2. The summed E-state index contributed by atoms with van der Waals surface area (Å²) in [5.74, 6) is 0.786. The molecule has 0 bridgehead atoms. The lowest BCUT2D eigenvalue weighted by Gasteiger charge is -2.05. The molecule has 1 aromatic rings. The van der Waals surface area contributed by atoms with Gasteiger partial charge < -0.3 is 4.74 Å². The van der Waals surface area contributed by atoms with Crippen molar-refractivity contribution >= 4 is 5.97 Å². The minimum Gasteiger partial charge on any atom is -0.461 e. The minimum atomic E-state index is -0.0880. The molecule has 0 amide bonds. The van der Waals surface area contributed by atoms with Crippen molar-refractivity contribution in [3.8, 4) is 0 Å². The van der Waals surface area contributed by atoms with Crippen LogP contribution < -0.4 is 0 Å². The average Bonchev–Trinajstić information content (AvgIpc) is 2.77. The molecule has 3 nitrogen and oxygen atoms in total. The van der Waals surface area contributed by atoms with E-state index in [9.17, 15) is 4.79 Å². The van der Waals surface area contributed by atoms with Crippen molar-refractivity contribution in [1.82, 2.24) is 4.98 Å². The number of hydrogen-bond acceptors (Lipinski definition) is 3. The van der Waals surface area contributed by atoms with Crippen molar-refractivity contribution in [2.24, 2.45) is 5.92 Å². The molecule has 0 aromatic carbocycles. The van der Waals surface area contributed by atoms with Crippen LogP contribution >= 0.6 is 0 Å². The van der Waals surface area contributed by atoms with E-state index in [1.165, 1.54) is 96.3 Å². The van der Waals surface area contributed by atoms with E-state index in [1.54, 1.807) is 12.4 Å². The Labute approximate surface area is 192 Å². The summed E-state index contributed by atoms with van der Waals surface area (Å²) in [5.41, 5.74) is 0.948. The van der Waals surface area contributed by atoms with Gasteiger partial charge in [0.25, 0.3) is 0 Å². The van der Waals surface area contributed by atoms with E-state index in [0.29, 0.717) is 13.0 Å². The van der Waals surface area contributed by atoms with Crippen molar-refractivity contribution in [2.45, 2.75) is 136 Å². The zero-order chi connectivity index (χ0) is 22.4. The second-order valence-corrected chi connectivity index (χ2v) is 9.61. The van der Waals surface area contributed by atoms with Gasteiger partial charge in [0.2, 0.25) is 0 Å². The Morgan fingerprint density at radius 3 is 1.71 bits per heavy atom. The molecule has 31 heavy (non-hydrogen) atoms. The van der Waals surface area contributed by atoms with Crippen LogP contribution in [-0.4, -0.2) is 11.0 Å². The minimum absolute atomic E-state index is 0.0880. The van der Waals surface area contributed by atoms with Gasteiger partial charge in [-0.25, -0.2) is 0 Å². The van der Waals surface area contributed by atoms with Gasteiger partial charge in [0, 0.05) is 24.4 Å². The number of esters is 1. The molecule has 0 aliphatic heterocycles. The van der Waals surface area contributed by atoms with E-state index in [-0.39, 0.29) is 5.97 Å². The summed E-state index contributed by atoms with van der Waals surface area (Å²) in [6.07, 6.45) is 27.1. The highest BCUT2D eigenvalue weighted by Crippen LogP contribution is 2.15. The van der Waals surface area contributed by atoms with E-state index < -0.39 is 0 Å². The Morgan fingerprint density at radius 2 is 1.26 bits per heavy atom. The monoisotopic (exact) mass is 431 g/mol. The van der Waals surface area contributed by atoms with Gasteiger partial charge in [0.05, 0.1) is 0 Å². The van der Waals surface area contributed by atoms with Gasteiger partial charge in [-0.1, -0.05) is 123 Å². The van der Waals surface area contributed by atoms with E-state index in [1.807, 2.05) is 12.1 Å². The fraction of sp³-hybridized carbons (Fsp3) is 0.786. The van der Waals surface area contributed by atoms with E-state index >= 15 is 0 Å². The standard InChI is InChI=1S/C28H49NO2/c1-26(2)20-17-15-13-11-9-7-5-3-4-6-8-10-12-14-16-18-22-28(30)31-25-27-21-19-23-29-24-27/h19,21,23-24,26H,3-18,20,22,25H2,1-2H3. The van der Waals surface area contributed by atoms with Crippen molar-refractivity contribution in [1.29, 1.82) is 0 Å². The normalized spacial score (nSPS) is 11.2. The van der Waals surface area contributed by atoms with Gasteiger partial charge in [-0.3, -0.25) is 9.78 Å². The summed E-state index contributed by atoms with van der Waals surface area (Å²) in [4.78, 5) is 15.8. The second kappa shape index (κ2) is 20.5. The second-order valence-electron chi connectivity index (χ2n) is 9.61. The molecule has 0 saturated heterocycles. The first-order valence-corrected chi connectivity index (χ1v) is 13.2. The van der Waals surface area contributed by atoms with Crippen LogP contribution in [-0.2, 0) is 16.1 Å². The van der Waals surface area contributed by atoms with Crippen LogP contribution in [0.25, 0.3) is 0 Å². The molecule has 0 saturated carbocycles. The van der Waals surface area contributed by atoms with Crippen LogP contribution in [0.15, 0.2) is 24.5 Å². The van der Waals surface area contributed by atoms with Crippen LogP contribution in [0.4, 0.5) is 0 Å². The average molecular weight is 432 g/mol. The highest BCUT2D eigenvalue weighted by atomic mass is 16.5. The third-order valence-corrected chi connectivity index (χ3v) is 6.03. The summed E-state index contributed by atoms with van der Waals surface area (Å²) in [5, 5.41) is 0. The molecule has 0 N–H and O–H groups in total. The van der Waals surface area contributed by atoms with Gasteiger partial charge >= 0.3 is 5.97 Å². The zero-order valence-electron chi connectivity index (χ0n) is 20.6. The van der Waals surface area contributed by atoms with Gasteiger partial charge in [-0.15, -0.1) is 0 Å². The number of carbonyl (C=O) groups is 1. The number of pyridine rings is 1. The molecule has 0 aliphatic carbocycles. The van der Waals surface area contributed by atoms with Crippen LogP contribution in [0.3, 0.4) is 0 Å². The van der Waals surface area contributed by atoms with Gasteiger partial charge in [-0.05, 0) is 18.4 Å². The fourth-order valence-electron chi connectivity index (χ4n) is 4.02. The van der Waals surface area contributed by atoms with Crippen LogP contribution in [0.2, 0.25) is 0 Å². The van der Waals surface area contributed by atoms with Gasteiger partial charge in [-0.2, -0.15) is 0 Å². The maximum atomic E-state index is 11.8. The summed E-state index contributed by atoms with van der Waals surface area (Å²) < 4.78 is 5.29. The summed E-state index contributed by atoms with van der Waals surface area (Å²) in [6.45, 7) is 4.99. The van der Waals surface area contributed by atoms with Crippen molar-refractivity contribution in [2.75, 3.05) is 0 Å². The fourth-order valence-corrected chi connectivity index (χ4v) is 4.02. The quantitative estimate of drug-likeness (QED) is 0.144. The van der Waals surface area contributed by atoms with E-state index in [2.05, 4.69) is 18.8 Å². The molecule has 3 heteroatoms. The molecule has 1 rings (SSSR count). The van der Waals surface area contributed by atoms with E-state index in [0.717, 1.165) is 24.3 Å². The number of aromatic nitrogens is 1. The first kappa shape index (κ1) is 27.7. The van der Waals surface area contributed by atoms with Gasteiger partial charge in [0.1, 0.15) is 6.61 Å². The maximum Gasteiger partial charge on any atom is 0.306 e. The number of ether oxygens (including phenoxy) is 1. The predicted molar refractivity (Wildman–Crippen MR) is 132 cm³/mol. The Morgan fingerprint density at radius 1 is 0.774 bits per heavy atom. The number of carbonyl (C=O) groups excluding carboxylic acids is 1. The molecule has 1 heterocycles. The van der Waals surface area contributed by atoms with Crippen molar-refractivity contribution in [3.63, 3.8) is 0 Å². The largest absolute Gasteiger partial charge is 0.461 e. The molecule has 0 aliphatic rings. The zero-order valence-corrected chi connectivity index (χ0v) is 20.6. The Hall–Kier alpha value is -1.38. The predicted octanol–water partition coefficient (Wildman–Crippen LogP) is 8.80. The molecule has 1 aromatic heterocycles. The topological polar surface area (TPSA) is 39.2 Å². The highest BCUT2D eigenvalue weighted by molar-refractivity contribution is 5.69. The molecule has 0 radical (unpaired) electrons. The van der Waals surface area contributed by atoms with Crippen molar-refractivity contribution < 1.29 is 9.53 Å². The first-order chi connectivity index (χ1) is 15.2.